The van der Waals surface area contributed by atoms with Crippen LogP contribution in [0.1, 0.15) is 47.1 Å². The molecule has 3 N–H and O–H groups in total. The average molecular weight is 408 g/mol. The van der Waals surface area contributed by atoms with Crippen LogP contribution in [-0.4, -0.2) is 43.0 Å². The summed E-state index contributed by atoms with van der Waals surface area (Å²) < 4.78 is 10.3. The quantitative estimate of drug-likeness (QED) is 0.390. The molecule has 0 saturated heterocycles. The molecule has 0 spiro atoms. The van der Waals surface area contributed by atoms with Crippen molar-refractivity contribution in [2.24, 2.45) is 0 Å². The number of nitrogens with one attached hydrogen (secondary N) is 3. The van der Waals surface area contributed by atoms with Gasteiger partial charge in [0.2, 0.25) is 5.96 Å². The maximum atomic E-state index is 11.8. The summed E-state index contributed by atoms with van der Waals surface area (Å²) >= 11 is 0. The number of amides is 2. The van der Waals surface area contributed by atoms with Crippen molar-refractivity contribution >= 4 is 23.8 Å². The fraction of sp³-hybridized carbons (Fsp3) is 0.550. The molecule has 0 fully saturated rings. The average Bonchev–Trinajstić information content (AvgIpc) is 2.53. The van der Waals surface area contributed by atoms with Gasteiger partial charge in [0.15, 0.2) is 0 Å². The van der Waals surface area contributed by atoms with E-state index in [9.17, 15) is 9.59 Å². The maximum absolute atomic E-state index is 11.8. The molecule has 0 saturated carbocycles. The van der Waals surface area contributed by atoms with Gasteiger partial charge in [-0.2, -0.15) is 5.06 Å². The molecule has 0 heterocycles. The molecular formula is C20H32N4O5. The zero-order valence-electron chi connectivity index (χ0n) is 18.2. The predicted molar refractivity (Wildman–Crippen MR) is 111 cm³/mol. The number of hydrogen-bond donors (Lipinski definition) is 3. The second-order valence-corrected chi connectivity index (χ2v) is 8.30. The second-order valence-electron chi connectivity index (χ2n) is 8.30. The van der Waals surface area contributed by atoms with Gasteiger partial charge in [0, 0.05) is 6.54 Å². The van der Waals surface area contributed by atoms with Gasteiger partial charge in [0.1, 0.15) is 11.2 Å². The summed E-state index contributed by atoms with van der Waals surface area (Å²) in [4.78, 5) is 28.7. The lowest BCUT2D eigenvalue weighted by atomic mass is 10.1. The maximum Gasteiger partial charge on any atom is 0.414 e. The third-order valence-electron chi connectivity index (χ3n) is 3.26. The van der Waals surface area contributed by atoms with Crippen LogP contribution in [0.15, 0.2) is 24.3 Å². The highest BCUT2D eigenvalue weighted by atomic mass is 16.7. The van der Waals surface area contributed by atoms with Crippen molar-refractivity contribution in [2.45, 2.75) is 59.2 Å². The number of carbonyl (C=O) groups is 2. The first-order valence-electron chi connectivity index (χ1n) is 9.29. The Morgan fingerprint density at radius 3 is 1.97 bits per heavy atom. The second kappa shape index (κ2) is 10.1. The number of rotatable bonds is 5. The van der Waals surface area contributed by atoms with Crippen LogP contribution >= 0.6 is 0 Å². The standard InChI is InChI=1S/C20H32N4O5/c1-19(2,3)28-17(25)22-13-12-14-8-10-15(11-9-14)24(27-7)16(21)23-18(26)29-20(4,5)6/h8-11H,12-13H2,1-7H3,(H,22,25)(H2,21,23,26). The van der Waals surface area contributed by atoms with E-state index in [4.69, 9.17) is 19.7 Å². The minimum absolute atomic E-state index is 0.277. The van der Waals surface area contributed by atoms with Crippen molar-refractivity contribution < 1.29 is 23.9 Å². The van der Waals surface area contributed by atoms with E-state index in [1.165, 1.54) is 7.11 Å². The summed E-state index contributed by atoms with van der Waals surface area (Å²) in [5.74, 6) is -0.277. The Bertz CT molecular complexity index is 705. The molecule has 1 rings (SSSR count). The molecule has 0 aromatic heterocycles. The molecule has 29 heavy (non-hydrogen) atoms. The van der Waals surface area contributed by atoms with Gasteiger partial charge in [-0.3, -0.25) is 15.6 Å². The highest BCUT2D eigenvalue weighted by Crippen LogP contribution is 2.16. The molecule has 0 radical (unpaired) electrons. The number of nitrogens with zero attached hydrogens (tertiary/aromatic N) is 1. The first kappa shape index (κ1) is 24.2. The molecule has 0 unspecified atom stereocenters. The summed E-state index contributed by atoms with van der Waals surface area (Å²) in [5.41, 5.74) is 0.328. The number of guanidine groups is 1. The van der Waals surface area contributed by atoms with Crippen molar-refractivity contribution in [3.8, 4) is 0 Å². The molecule has 162 valence electrons. The molecule has 0 atom stereocenters. The predicted octanol–water partition coefficient (Wildman–Crippen LogP) is 3.58. The molecule has 0 aliphatic carbocycles. The number of ether oxygens (including phenoxy) is 2. The van der Waals surface area contributed by atoms with Gasteiger partial charge >= 0.3 is 12.2 Å². The Balaban J connectivity index is 2.60. The zero-order valence-corrected chi connectivity index (χ0v) is 18.2. The summed E-state index contributed by atoms with van der Waals surface area (Å²) in [5, 5.41) is 14.2. The minimum atomic E-state index is -0.741. The topological polar surface area (TPSA) is 113 Å². The summed E-state index contributed by atoms with van der Waals surface area (Å²) in [7, 11) is 1.39. The van der Waals surface area contributed by atoms with Crippen LogP contribution in [0.3, 0.4) is 0 Å². The van der Waals surface area contributed by atoms with E-state index in [1.807, 2.05) is 32.9 Å². The van der Waals surface area contributed by atoms with E-state index >= 15 is 0 Å². The van der Waals surface area contributed by atoms with Gasteiger partial charge in [-0.1, -0.05) is 12.1 Å². The fourth-order valence-electron chi connectivity index (χ4n) is 2.20. The lowest BCUT2D eigenvalue weighted by Crippen LogP contribution is -2.45. The van der Waals surface area contributed by atoms with Crippen LogP contribution in [-0.2, 0) is 20.7 Å². The van der Waals surface area contributed by atoms with E-state index in [0.29, 0.717) is 18.7 Å². The SMILES string of the molecule is CON(C(=N)NC(=O)OC(C)(C)C)c1ccc(CCNC(=O)OC(C)(C)C)cc1. The number of anilines is 1. The van der Waals surface area contributed by atoms with Crippen LogP contribution < -0.4 is 15.7 Å². The molecule has 1 aromatic rings. The largest absolute Gasteiger partial charge is 0.444 e. The summed E-state index contributed by atoms with van der Waals surface area (Å²) in [6.45, 7) is 11.1. The van der Waals surface area contributed by atoms with Gasteiger partial charge in [-0.15, -0.1) is 0 Å². The molecule has 2 amide bonds. The summed E-state index contributed by atoms with van der Waals surface area (Å²) in [6.07, 6.45) is -0.587. The van der Waals surface area contributed by atoms with Crippen molar-refractivity contribution in [1.82, 2.24) is 10.6 Å². The summed E-state index contributed by atoms with van der Waals surface area (Å²) in [6, 6.07) is 7.19. The van der Waals surface area contributed by atoms with Gasteiger partial charge in [0.25, 0.3) is 0 Å². The Kier molecular flexibility index (Phi) is 8.44. The smallest absolute Gasteiger partial charge is 0.414 e. The molecular weight excluding hydrogens is 376 g/mol. The van der Waals surface area contributed by atoms with Crippen molar-refractivity contribution in [1.29, 1.82) is 5.41 Å². The normalized spacial score (nSPS) is 11.4. The minimum Gasteiger partial charge on any atom is -0.444 e. The Morgan fingerprint density at radius 2 is 1.48 bits per heavy atom. The van der Waals surface area contributed by atoms with E-state index < -0.39 is 23.4 Å². The molecule has 9 heteroatoms. The highest BCUT2D eigenvalue weighted by molar-refractivity contribution is 6.00. The fourth-order valence-corrected chi connectivity index (χ4v) is 2.20. The van der Waals surface area contributed by atoms with Crippen molar-refractivity contribution in [3.05, 3.63) is 29.8 Å². The molecule has 0 aliphatic heterocycles. The number of alkyl carbamates (subject to hydrolysis) is 2. The van der Waals surface area contributed by atoms with Gasteiger partial charge in [-0.25, -0.2) is 9.59 Å². The number of carbonyl (C=O) groups excluding carboxylic acids is 2. The molecule has 9 nitrogen and oxygen atoms in total. The third kappa shape index (κ3) is 9.79. The van der Waals surface area contributed by atoms with Crippen molar-refractivity contribution in [3.63, 3.8) is 0 Å². The van der Waals surface area contributed by atoms with Crippen molar-refractivity contribution in [2.75, 3.05) is 18.7 Å². The van der Waals surface area contributed by atoms with Gasteiger partial charge < -0.3 is 14.8 Å². The lowest BCUT2D eigenvalue weighted by Gasteiger charge is -2.24. The molecule has 0 bridgehead atoms. The number of benzene rings is 1. The lowest BCUT2D eigenvalue weighted by molar-refractivity contribution is 0.0524. The van der Waals surface area contributed by atoms with Crippen LogP contribution in [0.4, 0.5) is 15.3 Å². The van der Waals surface area contributed by atoms with Gasteiger partial charge in [0.05, 0.1) is 12.8 Å². The van der Waals surface area contributed by atoms with Crippen LogP contribution in [0.25, 0.3) is 0 Å². The Hall–Kier alpha value is -2.81. The van der Waals surface area contributed by atoms with Crippen LogP contribution in [0.5, 0.6) is 0 Å². The first-order valence-corrected chi connectivity index (χ1v) is 9.29. The van der Waals surface area contributed by atoms with E-state index in [-0.39, 0.29) is 5.96 Å². The van der Waals surface area contributed by atoms with Crippen LogP contribution in [0.2, 0.25) is 0 Å². The van der Waals surface area contributed by atoms with Gasteiger partial charge in [-0.05, 0) is 65.7 Å². The van der Waals surface area contributed by atoms with E-state index in [2.05, 4.69) is 10.6 Å². The molecule has 1 aromatic carbocycles. The molecule has 0 aliphatic rings. The Morgan fingerprint density at radius 1 is 0.966 bits per heavy atom. The van der Waals surface area contributed by atoms with E-state index in [1.54, 1.807) is 32.9 Å². The zero-order chi connectivity index (χ0) is 22.2. The number of hydroxylamine groups is 1. The Labute approximate surface area is 172 Å². The first-order chi connectivity index (χ1) is 13.3. The van der Waals surface area contributed by atoms with Crippen LogP contribution in [0, 0.1) is 5.41 Å². The number of hydrogen-bond acceptors (Lipinski definition) is 6. The highest BCUT2D eigenvalue weighted by Gasteiger charge is 2.20. The third-order valence-corrected chi connectivity index (χ3v) is 3.26. The van der Waals surface area contributed by atoms with E-state index in [0.717, 1.165) is 10.6 Å². The monoisotopic (exact) mass is 408 g/mol.